The predicted molar refractivity (Wildman–Crippen MR) is 89.8 cm³/mol. The van der Waals surface area contributed by atoms with E-state index in [1.54, 1.807) is 0 Å². The first kappa shape index (κ1) is 16.4. The van der Waals surface area contributed by atoms with Crippen LogP contribution in [0.3, 0.4) is 0 Å². The normalized spacial score (nSPS) is 57.7. The molecule has 0 radical (unpaired) electrons. The van der Waals surface area contributed by atoms with Crippen LogP contribution in [0.4, 0.5) is 0 Å². The zero-order valence-electron chi connectivity index (χ0n) is 15.0. The molecule has 0 aromatic carbocycles. The summed E-state index contributed by atoms with van der Waals surface area (Å²) in [5, 5.41) is 31.3. The molecule has 1 spiro atoms. The number of rotatable bonds is 1. The second-order valence-corrected chi connectivity index (χ2v) is 10.5. The van der Waals surface area contributed by atoms with Crippen LogP contribution in [0.25, 0.3) is 0 Å². The molecule has 132 valence electrons. The molecule has 2 bridgehead atoms. The molecule has 0 saturated heterocycles. The van der Waals surface area contributed by atoms with Gasteiger partial charge in [0.15, 0.2) is 0 Å². The fourth-order valence-electron chi connectivity index (χ4n) is 8.30. The molecule has 4 fully saturated rings. The summed E-state index contributed by atoms with van der Waals surface area (Å²) < 4.78 is 0. The number of hydrogen-bond acceptors (Lipinski definition) is 3. The van der Waals surface area contributed by atoms with Crippen LogP contribution in [0.1, 0.15) is 72.1 Å². The van der Waals surface area contributed by atoms with Crippen LogP contribution in [0.5, 0.6) is 0 Å². The number of hydrogen-bond donors (Lipinski definition) is 3. The Bertz CT molecular complexity index is 503. The summed E-state index contributed by atoms with van der Waals surface area (Å²) in [5.74, 6) is 1.55. The molecule has 4 rings (SSSR count). The minimum Gasteiger partial charge on any atom is -0.393 e. The van der Waals surface area contributed by atoms with E-state index in [4.69, 9.17) is 0 Å². The zero-order chi connectivity index (χ0) is 16.7. The molecule has 3 nitrogen and oxygen atoms in total. The van der Waals surface area contributed by atoms with Gasteiger partial charge in [-0.2, -0.15) is 0 Å². The van der Waals surface area contributed by atoms with Crippen LogP contribution in [0.15, 0.2) is 0 Å². The molecule has 7 atom stereocenters. The monoisotopic (exact) mass is 322 g/mol. The SMILES string of the molecule is CC1(C)C[C@@H](O)C[C@]2(C)[C@@H]1CC[C@@]13CC(CC[C@H]12)[C@@](O)(CO)C3. The van der Waals surface area contributed by atoms with Gasteiger partial charge in [0.05, 0.1) is 18.3 Å². The summed E-state index contributed by atoms with van der Waals surface area (Å²) in [7, 11) is 0. The topological polar surface area (TPSA) is 60.7 Å². The lowest BCUT2D eigenvalue weighted by Crippen LogP contribution is -2.58. The van der Waals surface area contributed by atoms with E-state index in [2.05, 4.69) is 20.8 Å². The third-order valence-electron chi connectivity index (χ3n) is 8.79. The summed E-state index contributed by atoms with van der Waals surface area (Å²) in [4.78, 5) is 0. The standard InChI is InChI=1S/C20H34O3/c1-17(2)9-14(22)10-18(3)15(17)6-7-19-8-13(4-5-16(18)19)20(23,11-19)12-21/h13-16,21-23H,4-12H2,1-3H3/t13?,14-,15-,16+,18-,19+,20+/m1/s1. The smallest absolute Gasteiger partial charge is 0.0910 e. The fourth-order valence-corrected chi connectivity index (χ4v) is 8.30. The summed E-state index contributed by atoms with van der Waals surface area (Å²) in [5.41, 5.74) is -0.249. The Hall–Kier alpha value is -0.120. The van der Waals surface area contributed by atoms with Crippen LogP contribution in [-0.4, -0.2) is 33.6 Å². The van der Waals surface area contributed by atoms with E-state index in [9.17, 15) is 15.3 Å². The summed E-state index contributed by atoms with van der Waals surface area (Å²) >= 11 is 0. The lowest BCUT2D eigenvalue weighted by Gasteiger charge is -2.64. The maximum absolute atomic E-state index is 10.9. The van der Waals surface area contributed by atoms with Gasteiger partial charge >= 0.3 is 0 Å². The largest absolute Gasteiger partial charge is 0.393 e. The molecule has 0 heterocycles. The first-order chi connectivity index (χ1) is 10.7. The van der Waals surface area contributed by atoms with E-state index in [0.29, 0.717) is 11.8 Å². The molecule has 0 aromatic rings. The maximum atomic E-state index is 10.9. The van der Waals surface area contributed by atoms with Crippen molar-refractivity contribution in [3.8, 4) is 0 Å². The second kappa shape index (κ2) is 4.74. The second-order valence-electron chi connectivity index (χ2n) is 10.5. The van der Waals surface area contributed by atoms with Gasteiger partial charge in [-0.15, -0.1) is 0 Å². The van der Waals surface area contributed by atoms with Crippen molar-refractivity contribution in [1.82, 2.24) is 0 Å². The lowest BCUT2D eigenvalue weighted by molar-refractivity contribution is -0.171. The average molecular weight is 322 g/mol. The van der Waals surface area contributed by atoms with Crippen molar-refractivity contribution >= 4 is 0 Å². The van der Waals surface area contributed by atoms with Gasteiger partial charge in [0.2, 0.25) is 0 Å². The Balaban J connectivity index is 1.73. The zero-order valence-corrected chi connectivity index (χ0v) is 15.0. The molecule has 1 unspecified atom stereocenters. The molecule has 0 aliphatic heterocycles. The summed E-state index contributed by atoms with van der Waals surface area (Å²) in [6, 6.07) is 0. The molecule has 23 heavy (non-hydrogen) atoms. The first-order valence-electron chi connectivity index (χ1n) is 9.67. The average Bonchev–Trinajstić information content (AvgIpc) is 2.64. The van der Waals surface area contributed by atoms with Crippen LogP contribution in [-0.2, 0) is 0 Å². The highest BCUT2D eigenvalue weighted by molar-refractivity contribution is 5.17. The van der Waals surface area contributed by atoms with E-state index in [-0.39, 0.29) is 34.9 Å². The third kappa shape index (κ3) is 2.05. The van der Waals surface area contributed by atoms with Crippen LogP contribution < -0.4 is 0 Å². The van der Waals surface area contributed by atoms with Crippen LogP contribution >= 0.6 is 0 Å². The maximum Gasteiger partial charge on any atom is 0.0910 e. The molecular weight excluding hydrogens is 288 g/mol. The highest BCUT2D eigenvalue weighted by Gasteiger charge is 2.67. The van der Waals surface area contributed by atoms with Gasteiger partial charge in [0.1, 0.15) is 0 Å². The number of aliphatic hydroxyl groups is 3. The summed E-state index contributed by atoms with van der Waals surface area (Å²) in [6.45, 7) is 7.05. The Morgan fingerprint density at radius 2 is 1.70 bits per heavy atom. The number of fused-ring (bicyclic) bond motifs is 3. The van der Waals surface area contributed by atoms with Crippen molar-refractivity contribution in [3.05, 3.63) is 0 Å². The third-order valence-corrected chi connectivity index (χ3v) is 8.79. The molecule has 4 saturated carbocycles. The predicted octanol–water partition coefficient (Wildman–Crippen LogP) is 3.11. The molecule has 0 amide bonds. The van der Waals surface area contributed by atoms with Crippen molar-refractivity contribution < 1.29 is 15.3 Å². The highest BCUT2D eigenvalue weighted by Crippen LogP contribution is 2.72. The molecule has 4 aliphatic carbocycles. The Labute approximate surface area is 140 Å². The van der Waals surface area contributed by atoms with Crippen molar-refractivity contribution in [2.45, 2.75) is 83.8 Å². The van der Waals surface area contributed by atoms with E-state index >= 15 is 0 Å². The Morgan fingerprint density at radius 1 is 0.957 bits per heavy atom. The van der Waals surface area contributed by atoms with Gasteiger partial charge < -0.3 is 15.3 Å². The molecule has 3 heteroatoms. The van der Waals surface area contributed by atoms with E-state index < -0.39 is 5.60 Å². The first-order valence-corrected chi connectivity index (χ1v) is 9.67. The number of aliphatic hydroxyl groups excluding tert-OH is 2. The highest BCUT2D eigenvalue weighted by atomic mass is 16.3. The van der Waals surface area contributed by atoms with E-state index in [0.717, 1.165) is 32.1 Å². The van der Waals surface area contributed by atoms with Gasteiger partial charge in [0.25, 0.3) is 0 Å². The van der Waals surface area contributed by atoms with Crippen molar-refractivity contribution in [2.75, 3.05) is 6.61 Å². The van der Waals surface area contributed by atoms with Gasteiger partial charge in [-0.3, -0.25) is 0 Å². The Kier molecular flexibility index (Phi) is 3.37. The van der Waals surface area contributed by atoms with Crippen LogP contribution in [0.2, 0.25) is 0 Å². The van der Waals surface area contributed by atoms with Gasteiger partial charge in [-0.1, -0.05) is 20.8 Å². The minimum absolute atomic E-state index is 0.0829. The van der Waals surface area contributed by atoms with Crippen molar-refractivity contribution in [1.29, 1.82) is 0 Å². The molecule has 4 aliphatic rings. The minimum atomic E-state index is -0.846. The van der Waals surface area contributed by atoms with Crippen molar-refractivity contribution in [2.24, 2.45) is 34.0 Å². The van der Waals surface area contributed by atoms with E-state index in [1.165, 1.54) is 19.3 Å². The summed E-state index contributed by atoms with van der Waals surface area (Å²) in [6.07, 6.45) is 8.18. The quantitative estimate of drug-likeness (QED) is 0.695. The lowest BCUT2D eigenvalue weighted by atomic mass is 9.41. The van der Waals surface area contributed by atoms with Gasteiger partial charge in [0, 0.05) is 0 Å². The Morgan fingerprint density at radius 3 is 2.39 bits per heavy atom. The van der Waals surface area contributed by atoms with Gasteiger partial charge in [-0.25, -0.2) is 0 Å². The fraction of sp³-hybridized carbons (Fsp3) is 1.00. The van der Waals surface area contributed by atoms with Crippen LogP contribution in [0, 0.1) is 34.0 Å². The van der Waals surface area contributed by atoms with Gasteiger partial charge in [-0.05, 0) is 85.4 Å². The molecular formula is C20H34O3. The molecule has 0 aromatic heterocycles. The molecule has 3 N–H and O–H groups in total. The van der Waals surface area contributed by atoms with E-state index in [1.807, 2.05) is 0 Å². The van der Waals surface area contributed by atoms with Crippen molar-refractivity contribution in [3.63, 3.8) is 0 Å².